The number of H-pyrrole nitrogens is 1. The number of carbonyl (C=O) groups is 2. The number of carbonyl (C=O) groups excluding carboxylic acids is 2. The molecule has 0 unspecified atom stereocenters. The van der Waals surface area contributed by atoms with Crippen LogP contribution in [0.1, 0.15) is 37.9 Å². The molecule has 22 heavy (non-hydrogen) atoms. The Balaban J connectivity index is 2.07. The lowest BCUT2D eigenvalue weighted by atomic mass is 10.1. The number of ether oxygens (including phenoxy) is 1. The van der Waals surface area contributed by atoms with Crippen molar-refractivity contribution in [3.63, 3.8) is 0 Å². The summed E-state index contributed by atoms with van der Waals surface area (Å²) in [6.45, 7) is 3.44. The van der Waals surface area contributed by atoms with E-state index in [4.69, 9.17) is 9.15 Å². The Morgan fingerprint density at radius 1 is 1.18 bits per heavy atom. The quantitative estimate of drug-likeness (QED) is 0.594. The summed E-state index contributed by atoms with van der Waals surface area (Å²) in [6.07, 6.45) is 0. The lowest BCUT2D eigenvalue weighted by molar-refractivity contribution is 0.0599. The third-order valence-electron chi connectivity index (χ3n) is 3.70. The van der Waals surface area contributed by atoms with Crippen LogP contribution in [0.25, 0.3) is 11.0 Å². The standard InChI is InChI=1S/C17H15NO4/c1-9-14(17(20)21-3)10(2)18-15(9)16(19)13-8-11-6-4-5-7-12(11)22-13/h4-8,18H,1-3H3. The van der Waals surface area contributed by atoms with Crippen LogP contribution in [0.2, 0.25) is 0 Å². The maximum absolute atomic E-state index is 12.6. The van der Waals surface area contributed by atoms with E-state index in [0.29, 0.717) is 28.1 Å². The van der Waals surface area contributed by atoms with E-state index in [1.807, 2.05) is 18.2 Å². The van der Waals surface area contributed by atoms with Gasteiger partial charge in [0, 0.05) is 11.1 Å². The second kappa shape index (κ2) is 5.18. The van der Waals surface area contributed by atoms with E-state index in [9.17, 15) is 9.59 Å². The molecule has 112 valence electrons. The zero-order chi connectivity index (χ0) is 15.9. The maximum atomic E-state index is 12.6. The van der Waals surface area contributed by atoms with Crippen LogP contribution in [-0.4, -0.2) is 23.8 Å². The predicted molar refractivity (Wildman–Crippen MR) is 81.3 cm³/mol. The smallest absolute Gasteiger partial charge is 0.339 e. The highest BCUT2D eigenvalue weighted by atomic mass is 16.5. The van der Waals surface area contributed by atoms with E-state index in [1.54, 1.807) is 26.0 Å². The summed E-state index contributed by atoms with van der Waals surface area (Å²) in [6, 6.07) is 9.11. The van der Waals surface area contributed by atoms with Crippen molar-refractivity contribution in [2.24, 2.45) is 0 Å². The van der Waals surface area contributed by atoms with Crippen LogP contribution in [0.3, 0.4) is 0 Å². The van der Waals surface area contributed by atoms with Crippen molar-refractivity contribution >= 4 is 22.7 Å². The van der Waals surface area contributed by atoms with Gasteiger partial charge in [0.15, 0.2) is 5.76 Å². The minimum absolute atomic E-state index is 0.238. The van der Waals surface area contributed by atoms with Gasteiger partial charge in [-0.1, -0.05) is 18.2 Å². The van der Waals surface area contributed by atoms with Gasteiger partial charge in [-0.05, 0) is 31.5 Å². The SMILES string of the molecule is COC(=O)c1c(C)[nH]c(C(=O)c2cc3ccccc3o2)c1C. The second-order valence-electron chi connectivity index (χ2n) is 5.09. The lowest BCUT2D eigenvalue weighted by Gasteiger charge is -1.99. The van der Waals surface area contributed by atoms with Crippen molar-refractivity contribution in [2.45, 2.75) is 13.8 Å². The first-order chi connectivity index (χ1) is 10.5. The summed E-state index contributed by atoms with van der Waals surface area (Å²) in [7, 11) is 1.31. The van der Waals surface area contributed by atoms with Crippen molar-refractivity contribution in [3.8, 4) is 0 Å². The second-order valence-corrected chi connectivity index (χ2v) is 5.09. The fourth-order valence-corrected chi connectivity index (χ4v) is 2.60. The lowest BCUT2D eigenvalue weighted by Crippen LogP contribution is -2.05. The molecule has 3 rings (SSSR count). The number of ketones is 1. The van der Waals surface area contributed by atoms with Crippen molar-refractivity contribution in [1.82, 2.24) is 4.98 Å². The first-order valence-electron chi connectivity index (χ1n) is 6.83. The van der Waals surface area contributed by atoms with Crippen LogP contribution in [0.15, 0.2) is 34.7 Å². The molecule has 1 aromatic carbocycles. The third kappa shape index (κ3) is 2.11. The molecule has 0 aliphatic heterocycles. The number of nitrogens with one attached hydrogen (secondary N) is 1. The van der Waals surface area contributed by atoms with Gasteiger partial charge in [0.25, 0.3) is 0 Å². The van der Waals surface area contributed by atoms with Crippen LogP contribution in [0.5, 0.6) is 0 Å². The molecule has 0 aliphatic rings. The van der Waals surface area contributed by atoms with Gasteiger partial charge in [-0.25, -0.2) is 4.79 Å². The zero-order valence-corrected chi connectivity index (χ0v) is 12.5. The molecule has 1 N–H and O–H groups in total. The molecule has 0 fully saturated rings. The highest BCUT2D eigenvalue weighted by molar-refractivity contribution is 6.10. The normalized spacial score (nSPS) is 10.9. The fourth-order valence-electron chi connectivity index (χ4n) is 2.60. The summed E-state index contributed by atoms with van der Waals surface area (Å²) in [4.78, 5) is 27.4. The summed E-state index contributed by atoms with van der Waals surface area (Å²) in [5.74, 6) is -0.510. The largest absolute Gasteiger partial charge is 0.465 e. The van der Waals surface area contributed by atoms with Gasteiger partial charge in [0.2, 0.25) is 5.78 Å². The summed E-state index contributed by atoms with van der Waals surface area (Å²) in [5, 5.41) is 0.861. The molecule has 0 radical (unpaired) electrons. The fraction of sp³-hybridized carbons (Fsp3) is 0.176. The van der Waals surface area contributed by atoms with E-state index in [2.05, 4.69) is 4.98 Å². The molecular weight excluding hydrogens is 282 g/mol. The Labute approximate surface area is 126 Å². The Hall–Kier alpha value is -2.82. The van der Waals surface area contributed by atoms with Gasteiger partial charge in [0.05, 0.1) is 18.4 Å². The van der Waals surface area contributed by atoms with Crippen LogP contribution in [0, 0.1) is 13.8 Å². The molecule has 2 heterocycles. The number of aryl methyl sites for hydroxylation is 1. The average molecular weight is 297 g/mol. The zero-order valence-electron chi connectivity index (χ0n) is 12.5. The van der Waals surface area contributed by atoms with E-state index in [1.165, 1.54) is 7.11 Å². The Morgan fingerprint density at radius 3 is 2.59 bits per heavy atom. The molecule has 0 atom stereocenters. The van der Waals surface area contributed by atoms with Gasteiger partial charge in [-0.15, -0.1) is 0 Å². The van der Waals surface area contributed by atoms with Crippen LogP contribution in [0.4, 0.5) is 0 Å². The minimum atomic E-state index is -0.463. The number of hydrogen-bond donors (Lipinski definition) is 1. The van der Waals surface area contributed by atoms with E-state index >= 15 is 0 Å². The molecule has 0 spiro atoms. The Morgan fingerprint density at radius 2 is 1.91 bits per heavy atom. The number of esters is 1. The number of furan rings is 1. The highest BCUT2D eigenvalue weighted by Crippen LogP contribution is 2.25. The molecule has 5 heteroatoms. The van der Waals surface area contributed by atoms with Gasteiger partial charge in [0.1, 0.15) is 5.58 Å². The number of para-hydroxylation sites is 1. The van der Waals surface area contributed by atoms with Crippen LogP contribution in [-0.2, 0) is 4.74 Å². The predicted octanol–water partition coefficient (Wildman–Crippen LogP) is 3.40. The first-order valence-corrected chi connectivity index (χ1v) is 6.83. The Kier molecular flexibility index (Phi) is 3.33. The monoisotopic (exact) mass is 297 g/mol. The van der Waals surface area contributed by atoms with Crippen LogP contribution >= 0.6 is 0 Å². The van der Waals surface area contributed by atoms with Crippen molar-refractivity contribution < 1.29 is 18.7 Å². The number of hydrogen-bond acceptors (Lipinski definition) is 4. The number of aromatic nitrogens is 1. The molecule has 3 aromatic rings. The first kappa shape index (κ1) is 14.1. The average Bonchev–Trinajstić information content (AvgIpc) is 3.07. The van der Waals surface area contributed by atoms with Crippen molar-refractivity contribution in [2.75, 3.05) is 7.11 Å². The van der Waals surface area contributed by atoms with Gasteiger partial charge in [-0.3, -0.25) is 4.79 Å². The molecule has 0 aliphatic carbocycles. The summed E-state index contributed by atoms with van der Waals surface area (Å²) >= 11 is 0. The molecular formula is C17H15NO4. The topological polar surface area (TPSA) is 72.3 Å². The van der Waals surface area contributed by atoms with Crippen molar-refractivity contribution in [1.29, 1.82) is 0 Å². The van der Waals surface area contributed by atoms with E-state index in [-0.39, 0.29) is 11.5 Å². The number of benzene rings is 1. The molecule has 0 saturated carbocycles. The maximum Gasteiger partial charge on any atom is 0.339 e. The Bertz CT molecular complexity index is 852. The van der Waals surface area contributed by atoms with Crippen molar-refractivity contribution in [3.05, 3.63) is 58.6 Å². The summed E-state index contributed by atoms with van der Waals surface area (Å²) < 4.78 is 10.3. The summed E-state index contributed by atoms with van der Waals surface area (Å²) in [5.41, 5.74) is 2.55. The molecule has 2 aromatic heterocycles. The number of methoxy groups -OCH3 is 1. The minimum Gasteiger partial charge on any atom is -0.465 e. The molecule has 0 amide bonds. The molecule has 0 bridgehead atoms. The molecule has 0 saturated heterocycles. The van der Waals surface area contributed by atoms with E-state index in [0.717, 1.165) is 5.39 Å². The number of aromatic amines is 1. The van der Waals surface area contributed by atoms with E-state index < -0.39 is 5.97 Å². The van der Waals surface area contributed by atoms with Crippen LogP contribution < -0.4 is 0 Å². The number of fused-ring (bicyclic) bond motifs is 1. The number of rotatable bonds is 3. The highest BCUT2D eigenvalue weighted by Gasteiger charge is 2.25. The van der Waals surface area contributed by atoms with Gasteiger partial charge >= 0.3 is 5.97 Å². The van der Waals surface area contributed by atoms with Gasteiger partial charge < -0.3 is 14.1 Å². The molecule has 5 nitrogen and oxygen atoms in total. The van der Waals surface area contributed by atoms with Gasteiger partial charge in [-0.2, -0.15) is 0 Å². The third-order valence-corrected chi connectivity index (χ3v) is 3.70.